The number of hydrogen-bond donors (Lipinski definition) is 3. The third-order valence-corrected chi connectivity index (χ3v) is 9.74. The molecule has 0 bridgehead atoms. The van der Waals surface area contributed by atoms with Crippen molar-refractivity contribution < 1.29 is 18.3 Å². The van der Waals surface area contributed by atoms with Crippen LogP contribution in [0.1, 0.15) is 19.3 Å². The topological polar surface area (TPSA) is 128 Å². The van der Waals surface area contributed by atoms with Crippen LogP contribution in [0.3, 0.4) is 0 Å². The average Bonchev–Trinajstić information content (AvgIpc) is 3.55. The van der Waals surface area contributed by atoms with Gasteiger partial charge in [-0.1, -0.05) is 18.6 Å². The molecular formula is C24H28N6O4S2. The van der Waals surface area contributed by atoms with E-state index in [9.17, 15) is 18.3 Å². The fraction of sp³-hybridized carbons (Fsp3) is 0.375. The Labute approximate surface area is 214 Å². The number of nitrogens with one attached hydrogen (secondary N) is 2. The van der Waals surface area contributed by atoms with Crippen molar-refractivity contribution in [3.8, 4) is 27.4 Å². The third kappa shape index (κ3) is 5.15. The Bertz CT molecular complexity index is 1350. The summed E-state index contributed by atoms with van der Waals surface area (Å²) in [5.41, 5.74) is 1.97. The summed E-state index contributed by atoms with van der Waals surface area (Å²) < 4.78 is 28.3. The van der Waals surface area contributed by atoms with Crippen molar-refractivity contribution in [1.29, 1.82) is 0 Å². The fourth-order valence-electron chi connectivity index (χ4n) is 4.39. The van der Waals surface area contributed by atoms with E-state index in [1.165, 1.54) is 11.3 Å². The molecule has 2 aliphatic rings. The lowest BCUT2D eigenvalue weighted by Crippen LogP contribution is -2.35. The normalized spacial score (nSPS) is 16.8. The van der Waals surface area contributed by atoms with E-state index in [1.807, 2.05) is 6.07 Å². The van der Waals surface area contributed by atoms with E-state index >= 15 is 0 Å². The lowest BCUT2D eigenvalue weighted by atomic mass is 10.0. The molecule has 3 aromatic rings. The molecule has 1 aromatic carbocycles. The maximum atomic E-state index is 13.2. The number of amides is 2. The second-order valence-electron chi connectivity index (χ2n) is 8.74. The summed E-state index contributed by atoms with van der Waals surface area (Å²) in [6.45, 7) is 3.36. The third-order valence-electron chi connectivity index (χ3n) is 6.28. The molecule has 36 heavy (non-hydrogen) atoms. The summed E-state index contributed by atoms with van der Waals surface area (Å²) in [5.74, 6) is 0.492. The van der Waals surface area contributed by atoms with Crippen molar-refractivity contribution in [2.75, 3.05) is 44.6 Å². The Morgan fingerprint density at radius 3 is 2.69 bits per heavy atom. The number of carbonyl (C=O) groups excluding carboxylic acids is 1. The van der Waals surface area contributed by atoms with Crippen molar-refractivity contribution in [2.45, 2.75) is 23.5 Å². The minimum Gasteiger partial charge on any atom is -0.508 e. The Morgan fingerprint density at radius 1 is 1.11 bits per heavy atom. The highest BCUT2D eigenvalue weighted by Crippen LogP contribution is 2.38. The molecule has 12 heteroatoms. The number of benzene rings is 1. The van der Waals surface area contributed by atoms with Crippen LogP contribution in [-0.4, -0.2) is 78.0 Å². The Morgan fingerprint density at radius 2 is 1.94 bits per heavy atom. The van der Waals surface area contributed by atoms with Crippen LogP contribution in [0.2, 0.25) is 0 Å². The molecule has 2 saturated heterocycles. The van der Waals surface area contributed by atoms with E-state index in [2.05, 4.69) is 15.6 Å². The lowest BCUT2D eigenvalue weighted by molar-refractivity contribution is 0.219. The van der Waals surface area contributed by atoms with Crippen molar-refractivity contribution in [3.05, 3.63) is 42.6 Å². The zero-order valence-electron chi connectivity index (χ0n) is 19.7. The number of carbonyl (C=O) groups is 1. The summed E-state index contributed by atoms with van der Waals surface area (Å²) in [6, 6.07) is 10.1. The van der Waals surface area contributed by atoms with Gasteiger partial charge in [-0.15, -0.1) is 11.3 Å². The maximum Gasteiger partial charge on any atom is 0.317 e. The molecule has 0 atom stereocenters. The van der Waals surface area contributed by atoms with Crippen LogP contribution in [0.25, 0.3) is 21.7 Å². The van der Waals surface area contributed by atoms with E-state index in [4.69, 9.17) is 4.98 Å². The van der Waals surface area contributed by atoms with Gasteiger partial charge in [0.1, 0.15) is 9.96 Å². The highest BCUT2D eigenvalue weighted by Gasteiger charge is 2.28. The molecule has 2 amide bonds. The average molecular weight is 529 g/mol. The first-order valence-electron chi connectivity index (χ1n) is 12.0. The quantitative estimate of drug-likeness (QED) is 0.410. The zero-order valence-corrected chi connectivity index (χ0v) is 21.3. The van der Waals surface area contributed by atoms with Crippen LogP contribution in [0.5, 0.6) is 5.75 Å². The summed E-state index contributed by atoms with van der Waals surface area (Å²) >= 11 is 1.18. The number of sulfonamides is 1. The molecule has 10 nitrogen and oxygen atoms in total. The Kier molecular flexibility index (Phi) is 7.08. The SMILES string of the molecule is O=C1NCCN1CCNc1ncc(-c2cccc(O)c2)c(-c2ccc(S(=O)(=O)N3CCCCC3)s2)n1. The van der Waals surface area contributed by atoms with Crippen LogP contribution >= 0.6 is 11.3 Å². The number of urea groups is 1. The highest BCUT2D eigenvalue weighted by atomic mass is 32.2. The van der Waals surface area contributed by atoms with Crippen molar-refractivity contribution in [1.82, 2.24) is 24.5 Å². The molecule has 0 aliphatic carbocycles. The second-order valence-corrected chi connectivity index (χ2v) is 12.0. The number of anilines is 1. The molecule has 2 aliphatic heterocycles. The number of piperidine rings is 1. The molecule has 0 unspecified atom stereocenters. The van der Waals surface area contributed by atoms with Crippen LogP contribution in [0.4, 0.5) is 10.7 Å². The molecular weight excluding hydrogens is 500 g/mol. The number of aromatic hydroxyl groups is 1. The maximum absolute atomic E-state index is 13.2. The molecule has 0 radical (unpaired) electrons. The number of thiophene rings is 1. The Hall–Kier alpha value is -3.22. The summed E-state index contributed by atoms with van der Waals surface area (Å²) in [4.78, 5) is 23.3. The molecule has 2 fully saturated rings. The van der Waals surface area contributed by atoms with Gasteiger partial charge >= 0.3 is 6.03 Å². The van der Waals surface area contributed by atoms with Crippen LogP contribution < -0.4 is 10.6 Å². The smallest absolute Gasteiger partial charge is 0.317 e. The monoisotopic (exact) mass is 528 g/mol. The van der Waals surface area contributed by atoms with Gasteiger partial charge < -0.3 is 20.6 Å². The van der Waals surface area contributed by atoms with Gasteiger partial charge in [-0.25, -0.2) is 23.2 Å². The van der Waals surface area contributed by atoms with Crippen LogP contribution in [-0.2, 0) is 10.0 Å². The first kappa shape index (κ1) is 24.5. The molecule has 190 valence electrons. The van der Waals surface area contributed by atoms with Crippen molar-refractivity contribution in [3.63, 3.8) is 0 Å². The summed E-state index contributed by atoms with van der Waals surface area (Å²) in [6.07, 6.45) is 4.47. The number of hydrogen-bond acceptors (Lipinski definition) is 8. The predicted molar refractivity (Wildman–Crippen MR) is 139 cm³/mol. The van der Waals surface area contributed by atoms with Gasteiger partial charge in [0.2, 0.25) is 5.95 Å². The molecule has 2 aromatic heterocycles. The molecule has 3 N–H and O–H groups in total. The fourth-order valence-corrected chi connectivity index (χ4v) is 7.37. The molecule has 0 saturated carbocycles. The van der Waals surface area contributed by atoms with Crippen molar-refractivity contribution in [2.24, 2.45) is 0 Å². The van der Waals surface area contributed by atoms with Crippen molar-refractivity contribution >= 4 is 33.3 Å². The number of nitrogens with zero attached hydrogens (tertiary/aromatic N) is 4. The largest absolute Gasteiger partial charge is 0.508 e. The van der Waals surface area contributed by atoms with Crippen LogP contribution in [0, 0.1) is 0 Å². The van der Waals surface area contributed by atoms with Gasteiger partial charge in [-0.05, 0) is 42.7 Å². The van der Waals surface area contributed by atoms with Gasteiger partial charge in [-0.3, -0.25) is 0 Å². The first-order chi connectivity index (χ1) is 17.4. The predicted octanol–water partition coefficient (Wildman–Crippen LogP) is 3.19. The minimum atomic E-state index is -3.56. The van der Waals surface area contributed by atoms with Crippen LogP contribution in [0.15, 0.2) is 46.8 Å². The minimum absolute atomic E-state index is 0.0846. The Balaban J connectivity index is 1.45. The van der Waals surface area contributed by atoms with E-state index < -0.39 is 10.0 Å². The molecule has 5 rings (SSSR count). The molecule has 4 heterocycles. The van der Waals surface area contributed by atoms with E-state index in [1.54, 1.807) is 45.7 Å². The molecule has 0 spiro atoms. The van der Waals surface area contributed by atoms with E-state index in [0.717, 1.165) is 24.8 Å². The lowest BCUT2D eigenvalue weighted by Gasteiger charge is -2.25. The number of rotatable bonds is 8. The van der Waals surface area contributed by atoms with E-state index in [-0.39, 0.29) is 16.0 Å². The number of aromatic nitrogens is 2. The first-order valence-corrected chi connectivity index (χ1v) is 14.2. The second kappa shape index (κ2) is 10.4. The van der Waals surface area contributed by atoms with Gasteiger partial charge in [0, 0.05) is 51.0 Å². The number of phenolic OH excluding ortho intramolecular Hbond substituents is 1. The van der Waals surface area contributed by atoms with Gasteiger partial charge in [0.15, 0.2) is 0 Å². The highest BCUT2D eigenvalue weighted by molar-refractivity contribution is 7.91. The van der Waals surface area contributed by atoms with Gasteiger partial charge in [-0.2, -0.15) is 4.31 Å². The number of phenols is 1. The summed E-state index contributed by atoms with van der Waals surface area (Å²) in [7, 11) is -3.56. The standard InChI is InChI=1S/C24H28N6O4S2/c31-18-6-4-5-17(15-18)19-16-27-23(25-9-13-29-14-10-26-24(29)32)28-22(19)20-7-8-21(35-20)36(33,34)30-11-2-1-3-12-30/h4-8,15-16,31H,1-3,9-14H2,(H,26,32)(H,25,27,28). The van der Waals surface area contributed by atoms with E-state index in [0.29, 0.717) is 61.4 Å². The van der Waals surface area contributed by atoms with Gasteiger partial charge in [0.05, 0.1) is 10.6 Å². The zero-order chi connectivity index (χ0) is 25.1. The summed E-state index contributed by atoms with van der Waals surface area (Å²) in [5, 5.41) is 16.0. The van der Waals surface area contributed by atoms with Gasteiger partial charge in [0.25, 0.3) is 10.0 Å².